The average molecular weight is 1840 g/mol. The molecule has 0 aliphatic heterocycles. The quantitative estimate of drug-likeness (QED) is 0.101. The highest BCUT2D eigenvalue weighted by Crippen LogP contribution is 2.51. The first-order valence-electron chi connectivity index (χ1n) is 46.7. The second-order valence-electron chi connectivity index (χ2n) is 35.6. The van der Waals surface area contributed by atoms with Crippen molar-refractivity contribution in [3.05, 3.63) is 484 Å². The van der Waals surface area contributed by atoms with Gasteiger partial charge in [0.15, 0.2) is 17.1 Å². The van der Waals surface area contributed by atoms with E-state index < -0.39 is 0 Å². The molecule has 0 aliphatic rings. The standard InChI is InChI=1S/C47H27N3S.C42H24N2S.C41H23N3S/c1-48-33-17-19-47-43(26-33)42-25-29(16-18-46(42)51-47)38-27-40-37-13-5-3-11-35(37)39(28-41(40)36-12-4-2-10-34(36)38)30-22-31(44-14-6-8-20-49-44)24-32(23-30)45-15-7-9-21-50-45;1-43-28-19-21-42-38(23-28)37-22-27(18-20-41(37)45-42)33-24-34-31-14-7-8-15-32(31)36(25-35(34)30-13-6-5-12-29(30)33)40-17-9-16-39(44-40)26-10-3-2-4-11-26;1-42-27-14-16-41-37(22-27)36-21-26(13-15-40(36)45-41)32-23-33-30-9-4-5-10-31(30)35(24-34(33)29-8-3-2-7-28(29)32)39-12-6-11-38(44-39)25-17-19-43-20-18-25/h2-28H;2-25H;2-24H. The molecule has 8 nitrogen and oxygen atoms in total. The summed E-state index contributed by atoms with van der Waals surface area (Å²) in [5.41, 5.74) is 23.7. The molecule has 0 radical (unpaired) electrons. The zero-order valence-corrected chi connectivity index (χ0v) is 78.0. The number of rotatable bonds is 10. The van der Waals surface area contributed by atoms with Crippen LogP contribution in [0.1, 0.15) is 0 Å². The van der Waals surface area contributed by atoms with E-state index in [4.69, 9.17) is 39.7 Å². The number of benzene rings is 20. The Labute approximate surface area is 822 Å². The highest BCUT2D eigenvalue weighted by atomic mass is 32.1. The lowest BCUT2D eigenvalue weighted by Gasteiger charge is -2.17. The predicted molar refractivity (Wildman–Crippen MR) is 598 cm³/mol. The van der Waals surface area contributed by atoms with Gasteiger partial charge < -0.3 is 0 Å². The third-order valence-corrected chi connectivity index (χ3v) is 31.0. The Morgan fingerprint density at radius 1 is 0.156 bits per heavy atom. The van der Waals surface area contributed by atoms with Crippen LogP contribution in [0.25, 0.3) is 284 Å². The van der Waals surface area contributed by atoms with Gasteiger partial charge in [0.05, 0.1) is 53.9 Å². The smallest absolute Gasteiger partial charge is 0.187 e. The maximum absolute atomic E-state index is 7.58. The highest BCUT2D eigenvalue weighted by Gasteiger charge is 2.24. The summed E-state index contributed by atoms with van der Waals surface area (Å²) >= 11 is 5.34. The molecule has 8 heterocycles. The van der Waals surface area contributed by atoms with Gasteiger partial charge in [-0.15, -0.1) is 34.0 Å². The number of fused-ring (bicyclic) bond motifs is 24. The Morgan fingerprint density at radius 3 is 0.745 bits per heavy atom. The molecule has 0 bridgehead atoms. The van der Waals surface area contributed by atoms with Crippen molar-refractivity contribution in [3.8, 4) is 112 Å². The molecule has 0 aliphatic carbocycles. The van der Waals surface area contributed by atoms with Crippen LogP contribution in [0.4, 0.5) is 17.1 Å². The molecule has 652 valence electrons. The lowest BCUT2D eigenvalue weighted by Crippen LogP contribution is -1.92. The maximum atomic E-state index is 7.58. The molecule has 28 rings (SSSR count). The van der Waals surface area contributed by atoms with Gasteiger partial charge in [0.2, 0.25) is 0 Å². The third-order valence-electron chi connectivity index (χ3n) is 27.6. The van der Waals surface area contributed by atoms with Crippen LogP contribution in [-0.4, -0.2) is 24.9 Å². The average Bonchev–Trinajstić information content (AvgIpc) is 1.11. The van der Waals surface area contributed by atoms with Crippen molar-refractivity contribution < 1.29 is 0 Å². The van der Waals surface area contributed by atoms with E-state index in [2.05, 4.69) is 365 Å². The lowest BCUT2D eigenvalue weighted by atomic mass is 9.86. The van der Waals surface area contributed by atoms with Crippen LogP contribution in [0, 0.1) is 19.7 Å². The number of aromatic nitrogens is 5. The summed E-state index contributed by atoms with van der Waals surface area (Å²) in [7, 11) is 0. The van der Waals surface area contributed by atoms with E-state index in [0.717, 1.165) is 89.3 Å². The van der Waals surface area contributed by atoms with Crippen molar-refractivity contribution in [1.82, 2.24) is 24.9 Å². The van der Waals surface area contributed by atoms with Crippen molar-refractivity contribution in [2.24, 2.45) is 0 Å². The summed E-state index contributed by atoms with van der Waals surface area (Å²) in [6, 6.07) is 151. The van der Waals surface area contributed by atoms with Crippen LogP contribution in [0.3, 0.4) is 0 Å². The van der Waals surface area contributed by atoms with Crippen LogP contribution < -0.4 is 0 Å². The Hall–Kier alpha value is -18.4. The summed E-state index contributed by atoms with van der Waals surface area (Å²) in [4.78, 5) is 35.0. The van der Waals surface area contributed by atoms with Gasteiger partial charge in [-0.25, -0.2) is 24.5 Å². The fourth-order valence-electron chi connectivity index (χ4n) is 21.0. The number of nitrogens with zero attached hydrogens (tertiary/aromatic N) is 8. The van der Waals surface area contributed by atoms with E-state index >= 15 is 0 Å². The van der Waals surface area contributed by atoms with Gasteiger partial charge >= 0.3 is 0 Å². The second-order valence-corrected chi connectivity index (χ2v) is 38.8. The van der Waals surface area contributed by atoms with E-state index in [1.165, 1.54) is 180 Å². The first kappa shape index (κ1) is 83.2. The highest BCUT2D eigenvalue weighted by molar-refractivity contribution is 7.26. The van der Waals surface area contributed by atoms with Crippen molar-refractivity contribution >= 4 is 209 Å². The molecular weight excluding hydrogens is 1770 g/mol. The molecule has 0 spiro atoms. The molecule has 0 amide bonds. The van der Waals surface area contributed by atoms with Gasteiger partial charge in [-0.1, -0.05) is 255 Å². The van der Waals surface area contributed by atoms with Gasteiger partial charge in [-0.2, -0.15) is 0 Å². The van der Waals surface area contributed by atoms with Gasteiger partial charge in [-0.3, -0.25) is 15.0 Å². The van der Waals surface area contributed by atoms with Gasteiger partial charge in [0.1, 0.15) is 0 Å². The molecule has 0 N–H and O–H groups in total. The minimum atomic E-state index is 0.670. The summed E-state index contributed by atoms with van der Waals surface area (Å²) in [5.74, 6) is 0. The fraction of sp³-hybridized carbons (Fsp3) is 0. The minimum Gasteiger partial charge on any atom is -0.265 e. The summed E-state index contributed by atoms with van der Waals surface area (Å²) in [6.45, 7) is 22.6. The van der Waals surface area contributed by atoms with Gasteiger partial charge in [0.25, 0.3) is 0 Å². The normalized spacial score (nSPS) is 11.5. The summed E-state index contributed by atoms with van der Waals surface area (Å²) in [5, 5.41) is 28.8. The van der Waals surface area contributed by atoms with Crippen molar-refractivity contribution in [1.29, 1.82) is 0 Å². The topological polar surface area (TPSA) is 77.5 Å². The van der Waals surface area contributed by atoms with E-state index in [1.807, 2.05) is 104 Å². The van der Waals surface area contributed by atoms with E-state index in [0.29, 0.717) is 17.1 Å². The molecule has 0 fully saturated rings. The third kappa shape index (κ3) is 14.7. The maximum Gasteiger partial charge on any atom is 0.187 e. The predicted octanol–water partition coefficient (Wildman–Crippen LogP) is 37.8. The molecule has 11 heteroatoms. The van der Waals surface area contributed by atoms with Crippen LogP contribution in [0.15, 0.2) is 449 Å². The molecule has 0 atom stereocenters. The summed E-state index contributed by atoms with van der Waals surface area (Å²) < 4.78 is 7.32. The largest absolute Gasteiger partial charge is 0.265 e. The van der Waals surface area contributed by atoms with E-state index in [-0.39, 0.29) is 0 Å². The minimum absolute atomic E-state index is 0.670. The molecule has 0 unspecified atom stereocenters. The Bertz CT molecular complexity index is 9770. The first-order chi connectivity index (χ1) is 69.7. The van der Waals surface area contributed by atoms with E-state index in [9.17, 15) is 0 Å². The lowest BCUT2D eigenvalue weighted by molar-refractivity contribution is 1.29. The van der Waals surface area contributed by atoms with Gasteiger partial charge in [0, 0.05) is 86.4 Å². The zero-order chi connectivity index (χ0) is 93.7. The number of thiophene rings is 3. The fourth-order valence-corrected chi connectivity index (χ4v) is 24.2. The molecule has 8 aromatic heterocycles. The van der Waals surface area contributed by atoms with Crippen molar-refractivity contribution in [2.45, 2.75) is 0 Å². The van der Waals surface area contributed by atoms with Crippen LogP contribution in [0.2, 0.25) is 0 Å². The Morgan fingerprint density at radius 2 is 0.418 bits per heavy atom. The first-order valence-corrected chi connectivity index (χ1v) is 49.2. The Kier molecular flexibility index (Phi) is 20.5. The molecule has 0 saturated carbocycles. The zero-order valence-electron chi connectivity index (χ0n) is 75.5. The summed E-state index contributed by atoms with van der Waals surface area (Å²) in [6.07, 6.45) is 7.31. The Balaban J connectivity index is 0.000000109. The van der Waals surface area contributed by atoms with Crippen LogP contribution in [0.5, 0.6) is 0 Å². The van der Waals surface area contributed by atoms with Crippen molar-refractivity contribution in [3.63, 3.8) is 0 Å². The van der Waals surface area contributed by atoms with E-state index in [1.54, 1.807) is 34.0 Å². The number of pyridine rings is 5. The van der Waals surface area contributed by atoms with Crippen molar-refractivity contribution in [2.75, 3.05) is 0 Å². The molecule has 0 saturated heterocycles. The molecule has 141 heavy (non-hydrogen) atoms. The van der Waals surface area contributed by atoms with Crippen LogP contribution in [-0.2, 0) is 0 Å². The number of hydrogen-bond donors (Lipinski definition) is 0. The number of hydrogen-bond acceptors (Lipinski definition) is 8. The molecule has 20 aromatic carbocycles. The molecule has 28 aromatic rings. The second kappa shape index (κ2) is 34.8. The van der Waals surface area contributed by atoms with Crippen LogP contribution >= 0.6 is 34.0 Å². The SMILES string of the molecule is [C-]#[N+]c1ccc2sc3ccc(-c4cc5c6ccccc6c(-c6cc(-c7ccccn7)cc(-c7ccccn7)c6)cc5c5ccccc45)cc3c2c1.[C-]#[N+]c1ccc2sc3ccc(-c4cc5c6ccccc6c(-c6cccc(-c7ccccc7)n6)cc5c5ccccc45)cc3c2c1.[C-]#[N+]c1ccc2sc3ccc(-c4cc5c6ccccc6c(-c6cccc(-c7ccncc7)n6)cc5c5ccccc45)cc3c2c1. The monoisotopic (exact) mass is 1840 g/mol. The molecular formula is C130H74N8S3. The van der Waals surface area contributed by atoms with Gasteiger partial charge in [-0.05, 0) is 344 Å².